The molecule has 2 heterocycles. The first-order valence-electron chi connectivity index (χ1n) is 19.5. The summed E-state index contributed by atoms with van der Waals surface area (Å²) in [5.41, 5.74) is 9.51. The van der Waals surface area contributed by atoms with E-state index in [-0.39, 0.29) is 0 Å². The molecule has 0 unspecified atom stereocenters. The van der Waals surface area contributed by atoms with Gasteiger partial charge in [-0.1, -0.05) is 140 Å². The molecule has 2 nitrogen and oxygen atoms in total. The van der Waals surface area contributed by atoms with Crippen LogP contribution in [-0.4, -0.2) is 9.13 Å². The maximum Gasteiger partial charge on any atom is 0.0552 e. The highest BCUT2D eigenvalue weighted by atomic mass is 32.3. The summed E-state index contributed by atoms with van der Waals surface area (Å²) in [6.45, 7) is 0. The van der Waals surface area contributed by atoms with Gasteiger partial charge in [0.15, 0.2) is 0 Å². The van der Waals surface area contributed by atoms with Crippen molar-refractivity contribution in [3.8, 4) is 22.5 Å². The molecule has 0 aliphatic rings. The van der Waals surface area contributed by atoms with Crippen LogP contribution in [-0.2, 0) is 0 Å². The third kappa shape index (κ3) is 5.20. The largest absolute Gasteiger partial charge is 0.309 e. The van der Waals surface area contributed by atoms with Crippen molar-refractivity contribution >= 4 is 53.6 Å². The molecule has 0 N–H and O–H groups in total. The van der Waals surface area contributed by atoms with Crippen molar-refractivity contribution in [1.82, 2.24) is 9.13 Å². The fraction of sp³-hybridized carbons (Fsp3) is 0. The minimum atomic E-state index is -1.88. The van der Waals surface area contributed by atoms with E-state index in [2.05, 4.69) is 240 Å². The Bertz CT molecular complexity index is 3110. The normalized spacial score (nSPS) is 12.1. The summed E-state index contributed by atoms with van der Waals surface area (Å²) in [6.07, 6.45) is 0. The van der Waals surface area contributed by atoms with E-state index in [1.165, 1.54) is 74.3 Å². The molecule has 3 heteroatoms. The van der Waals surface area contributed by atoms with Gasteiger partial charge in [-0.3, -0.25) is 0 Å². The molecule has 11 aromatic rings. The average molecular weight is 747 g/mol. The van der Waals surface area contributed by atoms with Crippen molar-refractivity contribution in [3.63, 3.8) is 0 Å². The van der Waals surface area contributed by atoms with Gasteiger partial charge in [-0.15, -0.1) is 10.0 Å². The predicted molar refractivity (Wildman–Crippen MR) is 241 cm³/mol. The van der Waals surface area contributed by atoms with Crippen molar-refractivity contribution in [2.45, 2.75) is 19.6 Å². The molecule has 11 rings (SSSR count). The first-order chi connectivity index (χ1) is 28.3. The van der Waals surface area contributed by atoms with Crippen LogP contribution in [0, 0.1) is 0 Å². The molecule has 0 aliphatic heterocycles. The molecule has 57 heavy (non-hydrogen) atoms. The molecular weight excluding hydrogens is 709 g/mol. The Morgan fingerprint density at radius 3 is 1.44 bits per heavy atom. The molecular formula is C54H38N2S. The molecule has 0 amide bonds. The van der Waals surface area contributed by atoms with Gasteiger partial charge in [0.05, 0.1) is 22.1 Å². The zero-order chi connectivity index (χ0) is 37.8. The minimum absolute atomic E-state index is 1.14. The smallest absolute Gasteiger partial charge is 0.0552 e. The SMILES string of the molecule is c1ccc(-c2cccc3c2c2cc(-n4c5ccccc5c5ccc(S(c6ccccc6)(c6ccccc6)c6ccccc6)cc54)ccc2n3-c2ccccc2)cc1. The first-order valence-corrected chi connectivity index (χ1v) is 21.1. The first kappa shape index (κ1) is 33.3. The molecule has 270 valence electrons. The molecule has 0 bridgehead atoms. The molecule has 0 saturated heterocycles. The van der Waals surface area contributed by atoms with Gasteiger partial charge in [0.2, 0.25) is 0 Å². The summed E-state index contributed by atoms with van der Waals surface area (Å²) >= 11 is 0. The molecule has 0 spiro atoms. The number of aromatic nitrogens is 2. The average Bonchev–Trinajstić information content (AvgIpc) is 3.81. The van der Waals surface area contributed by atoms with Crippen LogP contribution in [0.3, 0.4) is 0 Å². The lowest BCUT2D eigenvalue weighted by molar-refractivity contribution is 1.16. The van der Waals surface area contributed by atoms with Crippen LogP contribution in [0.1, 0.15) is 0 Å². The second-order valence-corrected chi connectivity index (χ2v) is 17.6. The molecule has 0 fully saturated rings. The van der Waals surface area contributed by atoms with Gasteiger partial charge < -0.3 is 9.13 Å². The van der Waals surface area contributed by atoms with Crippen molar-refractivity contribution in [1.29, 1.82) is 0 Å². The van der Waals surface area contributed by atoms with Crippen LogP contribution < -0.4 is 0 Å². The number of hydrogen-bond donors (Lipinski definition) is 0. The Balaban J connectivity index is 1.24. The third-order valence-corrected chi connectivity index (χ3v) is 15.3. The lowest BCUT2D eigenvalue weighted by Crippen LogP contribution is -2.05. The van der Waals surface area contributed by atoms with Crippen molar-refractivity contribution in [2.75, 3.05) is 0 Å². The van der Waals surface area contributed by atoms with Crippen molar-refractivity contribution in [2.24, 2.45) is 0 Å². The lowest BCUT2D eigenvalue weighted by Gasteiger charge is -2.42. The number of para-hydroxylation sites is 2. The molecule has 9 aromatic carbocycles. The maximum atomic E-state index is 2.50. The van der Waals surface area contributed by atoms with Gasteiger partial charge in [0, 0.05) is 52.5 Å². The van der Waals surface area contributed by atoms with Crippen molar-refractivity contribution in [3.05, 3.63) is 231 Å². The van der Waals surface area contributed by atoms with Crippen LogP contribution in [0.15, 0.2) is 250 Å². The fourth-order valence-electron chi connectivity index (χ4n) is 9.02. The summed E-state index contributed by atoms with van der Waals surface area (Å²) in [5, 5.41) is 4.97. The predicted octanol–water partition coefficient (Wildman–Crippen LogP) is 14.9. The monoisotopic (exact) mass is 746 g/mol. The summed E-state index contributed by atoms with van der Waals surface area (Å²) < 4.78 is 4.91. The Kier molecular flexibility index (Phi) is 7.94. The van der Waals surface area contributed by atoms with Crippen LogP contribution in [0.4, 0.5) is 0 Å². The Hall–Kier alpha value is -7.07. The number of hydrogen-bond acceptors (Lipinski definition) is 0. The Morgan fingerprint density at radius 1 is 0.281 bits per heavy atom. The van der Waals surface area contributed by atoms with Gasteiger partial charge in [-0.25, -0.2) is 0 Å². The molecule has 0 radical (unpaired) electrons. The Labute approximate surface area is 333 Å². The number of rotatable bonds is 7. The summed E-state index contributed by atoms with van der Waals surface area (Å²) in [6, 6.07) is 84.8. The van der Waals surface area contributed by atoms with E-state index in [1.54, 1.807) is 0 Å². The molecule has 0 saturated carbocycles. The second-order valence-electron chi connectivity index (χ2n) is 14.5. The van der Waals surface area contributed by atoms with Crippen LogP contribution in [0.5, 0.6) is 0 Å². The molecule has 0 atom stereocenters. The summed E-state index contributed by atoms with van der Waals surface area (Å²) in [5.74, 6) is 0. The third-order valence-electron chi connectivity index (χ3n) is 11.4. The highest BCUT2D eigenvalue weighted by Crippen LogP contribution is 2.73. The van der Waals surface area contributed by atoms with E-state index in [9.17, 15) is 0 Å². The molecule has 2 aromatic heterocycles. The zero-order valence-electron chi connectivity index (χ0n) is 31.2. The van der Waals surface area contributed by atoms with Crippen LogP contribution in [0.25, 0.3) is 66.1 Å². The van der Waals surface area contributed by atoms with Gasteiger partial charge in [-0.2, -0.15) is 0 Å². The van der Waals surface area contributed by atoms with Crippen LogP contribution in [0.2, 0.25) is 0 Å². The van der Waals surface area contributed by atoms with E-state index >= 15 is 0 Å². The fourth-order valence-corrected chi connectivity index (χ4v) is 12.9. The molecule has 0 aliphatic carbocycles. The number of nitrogens with zero attached hydrogens (tertiary/aromatic N) is 2. The summed E-state index contributed by atoms with van der Waals surface area (Å²) in [7, 11) is -1.88. The highest BCUT2D eigenvalue weighted by Gasteiger charge is 2.34. The van der Waals surface area contributed by atoms with E-state index in [4.69, 9.17) is 0 Å². The number of benzene rings is 9. The van der Waals surface area contributed by atoms with E-state index in [1.807, 2.05) is 0 Å². The second kappa shape index (κ2) is 13.6. The van der Waals surface area contributed by atoms with Gasteiger partial charge in [-0.05, 0) is 102 Å². The van der Waals surface area contributed by atoms with E-state index < -0.39 is 10.0 Å². The maximum absolute atomic E-state index is 2.50. The van der Waals surface area contributed by atoms with Gasteiger partial charge in [0.25, 0.3) is 0 Å². The quantitative estimate of drug-likeness (QED) is 0.154. The minimum Gasteiger partial charge on any atom is -0.309 e. The Morgan fingerprint density at radius 2 is 0.789 bits per heavy atom. The van der Waals surface area contributed by atoms with E-state index in [0.717, 1.165) is 11.4 Å². The van der Waals surface area contributed by atoms with Gasteiger partial charge in [0.1, 0.15) is 0 Å². The van der Waals surface area contributed by atoms with Gasteiger partial charge >= 0.3 is 0 Å². The van der Waals surface area contributed by atoms with Crippen LogP contribution >= 0.6 is 10.0 Å². The standard InChI is InChI=1S/C54H38N2S/c1-6-19-39(20-7-1)46-30-18-32-52-54(46)49-37-41(33-36-51(49)55(52)40-21-8-2-9-22-40)56-50-31-17-16-29-47(50)48-35-34-45(38-53(48)56)57(42-23-10-3-11-24-42,43-25-12-4-13-26-43)44-27-14-5-15-28-44/h1-38H. The topological polar surface area (TPSA) is 9.86 Å². The zero-order valence-corrected chi connectivity index (χ0v) is 32.1. The number of fused-ring (bicyclic) bond motifs is 6. The van der Waals surface area contributed by atoms with Crippen molar-refractivity contribution < 1.29 is 0 Å². The highest BCUT2D eigenvalue weighted by molar-refractivity contribution is 8.34. The lowest BCUT2D eigenvalue weighted by atomic mass is 9.99. The van der Waals surface area contributed by atoms with E-state index in [0.29, 0.717) is 0 Å². The summed E-state index contributed by atoms with van der Waals surface area (Å²) in [4.78, 5) is 5.24.